The molecule has 0 aromatic carbocycles. The first-order chi connectivity index (χ1) is 9.67. The number of hydrogen-bond donors (Lipinski definition) is 1. The molecule has 0 aromatic heterocycles. The largest absolute Gasteiger partial charge is 0.316 e. The third kappa shape index (κ3) is 4.44. The molecular formula is C17H35N3. The Bertz CT molecular complexity index is 281. The Kier molecular flexibility index (Phi) is 6.31. The van der Waals surface area contributed by atoms with Crippen molar-refractivity contribution in [3.63, 3.8) is 0 Å². The van der Waals surface area contributed by atoms with Crippen LogP contribution in [0.5, 0.6) is 0 Å². The molecule has 0 aliphatic carbocycles. The Morgan fingerprint density at radius 3 is 2.75 bits per heavy atom. The molecule has 2 unspecified atom stereocenters. The quantitative estimate of drug-likeness (QED) is 0.690. The van der Waals surface area contributed by atoms with Crippen molar-refractivity contribution in [2.45, 2.75) is 58.9 Å². The molecule has 0 radical (unpaired) electrons. The van der Waals surface area contributed by atoms with Gasteiger partial charge >= 0.3 is 0 Å². The minimum Gasteiger partial charge on any atom is -0.316 e. The lowest BCUT2D eigenvalue weighted by Crippen LogP contribution is -2.53. The number of fused-ring (bicyclic) bond motifs is 1. The van der Waals surface area contributed by atoms with Crippen LogP contribution in [0.3, 0.4) is 0 Å². The molecule has 0 amide bonds. The predicted octanol–water partition coefficient (Wildman–Crippen LogP) is 2.57. The third-order valence-corrected chi connectivity index (χ3v) is 5.11. The summed E-state index contributed by atoms with van der Waals surface area (Å²) in [4.78, 5) is 5.46. The van der Waals surface area contributed by atoms with Crippen molar-refractivity contribution in [1.82, 2.24) is 15.1 Å². The van der Waals surface area contributed by atoms with Crippen LogP contribution in [0.4, 0.5) is 0 Å². The molecule has 3 heteroatoms. The Morgan fingerprint density at radius 2 is 2.00 bits per heavy atom. The molecule has 2 heterocycles. The predicted molar refractivity (Wildman–Crippen MR) is 87.2 cm³/mol. The summed E-state index contributed by atoms with van der Waals surface area (Å²) < 4.78 is 0. The minimum absolute atomic E-state index is 0.449. The van der Waals surface area contributed by atoms with E-state index < -0.39 is 0 Å². The third-order valence-electron chi connectivity index (χ3n) is 5.11. The summed E-state index contributed by atoms with van der Waals surface area (Å²) in [7, 11) is 0. The minimum atomic E-state index is 0.449. The van der Waals surface area contributed by atoms with Crippen LogP contribution in [0.1, 0.15) is 52.9 Å². The van der Waals surface area contributed by atoms with Gasteiger partial charge in [0.15, 0.2) is 0 Å². The van der Waals surface area contributed by atoms with E-state index in [1.165, 1.54) is 71.4 Å². The van der Waals surface area contributed by atoms with E-state index in [4.69, 9.17) is 0 Å². The van der Waals surface area contributed by atoms with Gasteiger partial charge in [0.2, 0.25) is 0 Å². The molecule has 2 saturated heterocycles. The molecular weight excluding hydrogens is 246 g/mol. The van der Waals surface area contributed by atoms with Gasteiger partial charge in [0.25, 0.3) is 0 Å². The van der Waals surface area contributed by atoms with Crippen LogP contribution in [0.25, 0.3) is 0 Å². The van der Waals surface area contributed by atoms with E-state index in [-0.39, 0.29) is 0 Å². The maximum Gasteiger partial charge on any atom is 0.0224 e. The van der Waals surface area contributed by atoms with Gasteiger partial charge in [-0.25, -0.2) is 0 Å². The van der Waals surface area contributed by atoms with Gasteiger partial charge in [-0.05, 0) is 44.2 Å². The first kappa shape index (κ1) is 16.3. The normalized spacial score (nSPS) is 27.4. The van der Waals surface area contributed by atoms with Gasteiger partial charge in [0, 0.05) is 38.8 Å². The Labute approximate surface area is 126 Å². The average molecular weight is 281 g/mol. The number of piperazine rings is 1. The van der Waals surface area contributed by atoms with E-state index >= 15 is 0 Å². The molecule has 2 aliphatic rings. The van der Waals surface area contributed by atoms with Crippen LogP contribution in [0.2, 0.25) is 0 Å². The van der Waals surface area contributed by atoms with Gasteiger partial charge in [-0.2, -0.15) is 0 Å². The smallest absolute Gasteiger partial charge is 0.0224 e. The standard InChI is InChI=1S/C17H35N3/c1-4-8-17(3,14-18-9-5-2)15-19-11-12-20-10-6-7-16(20)13-19/h16,18H,4-15H2,1-3H3. The number of hydrogen-bond acceptors (Lipinski definition) is 3. The molecule has 0 spiro atoms. The summed E-state index contributed by atoms with van der Waals surface area (Å²) >= 11 is 0. The highest BCUT2D eigenvalue weighted by molar-refractivity contribution is 4.90. The summed E-state index contributed by atoms with van der Waals surface area (Å²) in [5.74, 6) is 0. The Hall–Kier alpha value is -0.120. The molecule has 20 heavy (non-hydrogen) atoms. The topological polar surface area (TPSA) is 18.5 Å². The van der Waals surface area contributed by atoms with Crippen molar-refractivity contribution in [2.75, 3.05) is 45.8 Å². The molecule has 1 N–H and O–H groups in total. The zero-order valence-electron chi connectivity index (χ0n) is 14.0. The van der Waals surface area contributed by atoms with E-state index in [0.717, 1.165) is 12.6 Å². The first-order valence-corrected chi connectivity index (χ1v) is 8.84. The van der Waals surface area contributed by atoms with Gasteiger partial charge in [-0.15, -0.1) is 0 Å². The fourth-order valence-corrected chi connectivity index (χ4v) is 4.13. The molecule has 0 aromatic rings. The maximum atomic E-state index is 3.66. The maximum absolute atomic E-state index is 3.66. The van der Waals surface area contributed by atoms with E-state index in [1.54, 1.807) is 0 Å². The van der Waals surface area contributed by atoms with E-state index in [9.17, 15) is 0 Å². The van der Waals surface area contributed by atoms with Crippen LogP contribution in [0.15, 0.2) is 0 Å². The number of rotatable bonds is 8. The van der Waals surface area contributed by atoms with Gasteiger partial charge in [0.1, 0.15) is 0 Å². The van der Waals surface area contributed by atoms with Gasteiger partial charge in [0.05, 0.1) is 0 Å². The molecule has 2 atom stereocenters. The van der Waals surface area contributed by atoms with E-state index in [2.05, 4.69) is 35.9 Å². The Morgan fingerprint density at radius 1 is 1.15 bits per heavy atom. The lowest BCUT2D eigenvalue weighted by molar-refractivity contribution is 0.0657. The first-order valence-electron chi connectivity index (χ1n) is 8.84. The lowest BCUT2D eigenvalue weighted by atomic mass is 9.84. The molecule has 118 valence electrons. The summed E-state index contributed by atoms with van der Waals surface area (Å²) in [5, 5.41) is 3.66. The highest BCUT2D eigenvalue weighted by atomic mass is 15.3. The number of nitrogens with one attached hydrogen (secondary N) is 1. The molecule has 0 saturated carbocycles. The fourth-order valence-electron chi connectivity index (χ4n) is 4.13. The van der Waals surface area contributed by atoms with Crippen LogP contribution in [0, 0.1) is 5.41 Å². The molecule has 0 bridgehead atoms. The van der Waals surface area contributed by atoms with Crippen LogP contribution >= 0.6 is 0 Å². The Balaban J connectivity index is 1.83. The molecule has 2 fully saturated rings. The summed E-state index contributed by atoms with van der Waals surface area (Å²) in [6.07, 6.45) is 6.73. The fraction of sp³-hybridized carbons (Fsp3) is 1.00. The second kappa shape index (κ2) is 7.77. The van der Waals surface area contributed by atoms with Crippen LogP contribution < -0.4 is 5.32 Å². The monoisotopic (exact) mass is 281 g/mol. The summed E-state index contributed by atoms with van der Waals surface area (Å²) in [5.41, 5.74) is 0.449. The van der Waals surface area contributed by atoms with E-state index in [0.29, 0.717) is 5.41 Å². The van der Waals surface area contributed by atoms with Crippen molar-refractivity contribution in [3.8, 4) is 0 Å². The SMILES string of the molecule is CCCNCC(C)(CCC)CN1CCN2CCCC2C1. The van der Waals surface area contributed by atoms with Crippen LogP contribution in [-0.4, -0.2) is 61.7 Å². The van der Waals surface area contributed by atoms with Crippen LogP contribution in [-0.2, 0) is 0 Å². The second-order valence-electron chi connectivity index (χ2n) is 7.30. The zero-order chi connectivity index (χ0) is 14.4. The van der Waals surface area contributed by atoms with Crippen molar-refractivity contribution in [2.24, 2.45) is 5.41 Å². The van der Waals surface area contributed by atoms with Crippen molar-refractivity contribution >= 4 is 0 Å². The van der Waals surface area contributed by atoms with Gasteiger partial charge < -0.3 is 5.32 Å². The number of nitrogens with zero attached hydrogens (tertiary/aromatic N) is 2. The molecule has 2 aliphatic heterocycles. The summed E-state index contributed by atoms with van der Waals surface area (Å²) in [6, 6.07) is 0.859. The molecule has 2 rings (SSSR count). The highest BCUT2D eigenvalue weighted by Crippen LogP contribution is 2.27. The average Bonchev–Trinajstić information content (AvgIpc) is 2.86. The highest BCUT2D eigenvalue weighted by Gasteiger charge is 2.33. The van der Waals surface area contributed by atoms with E-state index in [1.807, 2.05) is 0 Å². The van der Waals surface area contributed by atoms with Gasteiger partial charge in [-0.3, -0.25) is 9.80 Å². The van der Waals surface area contributed by atoms with Crippen molar-refractivity contribution < 1.29 is 0 Å². The second-order valence-corrected chi connectivity index (χ2v) is 7.30. The van der Waals surface area contributed by atoms with Gasteiger partial charge in [-0.1, -0.05) is 27.2 Å². The zero-order valence-corrected chi connectivity index (χ0v) is 14.0. The lowest BCUT2D eigenvalue weighted by Gasteiger charge is -2.42. The van der Waals surface area contributed by atoms with Crippen molar-refractivity contribution in [1.29, 1.82) is 0 Å². The van der Waals surface area contributed by atoms with Crippen molar-refractivity contribution in [3.05, 3.63) is 0 Å². The molecule has 3 nitrogen and oxygen atoms in total. The summed E-state index contributed by atoms with van der Waals surface area (Å²) in [6.45, 7) is 15.9.